The fourth-order valence-corrected chi connectivity index (χ4v) is 3.69. The summed E-state index contributed by atoms with van der Waals surface area (Å²) in [6.07, 6.45) is 3.89. The third-order valence-corrected chi connectivity index (χ3v) is 5.41. The average molecular weight is 422 g/mol. The first-order valence-electron chi connectivity index (χ1n) is 10.0. The monoisotopic (exact) mass is 421 g/mol. The van der Waals surface area contributed by atoms with Gasteiger partial charge in [-0.25, -0.2) is 4.98 Å². The number of aryl methyl sites for hydroxylation is 1. The van der Waals surface area contributed by atoms with Gasteiger partial charge in [0.05, 0.1) is 10.9 Å². The van der Waals surface area contributed by atoms with Gasteiger partial charge in [-0.3, -0.25) is 25.0 Å². The molecule has 1 aliphatic rings. The van der Waals surface area contributed by atoms with Gasteiger partial charge >= 0.3 is 0 Å². The molecule has 3 aromatic rings. The average Bonchev–Trinajstić information content (AvgIpc) is 3.02. The van der Waals surface area contributed by atoms with Gasteiger partial charge in [0, 0.05) is 25.1 Å². The van der Waals surface area contributed by atoms with Crippen LogP contribution in [0.3, 0.4) is 0 Å². The zero-order valence-electron chi connectivity index (χ0n) is 16.5. The molecular formula is C22H23N5O2S. The molecule has 154 valence electrons. The molecule has 3 N–H and O–H groups in total. The Kier molecular flexibility index (Phi) is 6.04. The van der Waals surface area contributed by atoms with E-state index in [-0.39, 0.29) is 11.5 Å². The van der Waals surface area contributed by atoms with Crippen molar-refractivity contribution >= 4 is 34.1 Å². The number of hydrogen-bond acceptors (Lipinski definition) is 4. The second kappa shape index (κ2) is 9.04. The molecule has 0 radical (unpaired) electrons. The van der Waals surface area contributed by atoms with Crippen LogP contribution in [0.25, 0.3) is 10.9 Å². The summed E-state index contributed by atoms with van der Waals surface area (Å²) in [5.74, 6) is 0.449. The maximum absolute atomic E-state index is 12.8. The summed E-state index contributed by atoms with van der Waals surface area (Å²) in [5.41, 5.74) is 7.29. The molecule has 30 heavy (non-hydrogen) atoms. The van der Waals surface area contributed by atoms with Gasteiger partial charge in [-0.05, 0) is 48.8 Å². The van der Waals surface area contributed by atoms with Gasteiger partial charge in [-0.2, -0.15) is 0 Å². The lowest BCUT2D eigenvalue weighted by atomic mass is 10.1. The molecule has 0 spiro atoms. The Hall–Kier alpha value is -3.26. The minimum absolute atomic E-state index is 0.0340. The second-order valence-electron chi connectivity index (χ2n) is 7.27. The van der Waals surface area contributed by atoms with Gasteiger partial charge in [-0.15, -0.1) is 0 Å². The summed E-state index contributed by atoms with van der Waals surface area (Å²) >= 11 is 5.20. The standard InChI is InChI=1S/C22H23N5O2S/c28-20(25-26-22(30)23-14-15-7-3-1-4-8-15)16-10-11-17-18(13-16)24-19-9-5-2-6-12-27(19)21(17)29/h1,3-4,7-8,10-11,13H,2,5-6,9,12,14H2,(H,25,28)(H2,23,26,30). The normalized spacial score (nSPS) is 13.2. The summed E-state index contributed by atoms with van der Waals surface area (Å²) in [5, 5.41) is 3.88. The predicted molar refractivity (Wildman–Crippen MR) is 120 cm³/mol. The molecule has 1 aromatic heterocycles. The third kappa shape index (κ3) is 4.49. The maximum Gasteiger partial charge on any atom is 0.269 e. The molecule has 8 heteroatoms. The lowest BCUT2D eigenvalue weighted by Crippen LogP contribution is -2.46. The van der Waals surface area contributed by atoms with Crippen LogP contribution in [-0.2, 0) is 19.5 Å². The number of nitrogens with one attached hydrogen (secondary N) is 3. The van der Waals surface area contributed by atoms with E-state index in [4.69, 9.17) is 12.2 Å². The Labute approximate surface area is 179 Å². The Morgan fingerprint density at radius 1 is 1.07 bits per heavy atom. The number of amides is 1. The SMILES string of the molecule is O=C(NNC(=S)NCc1ccccc1)c1ccc2c(=O)n3c(nc2c1)CCCCC3. The van der Waals surface area contributed by atoms with E-state index in [2.05, 4.69) is 21.2 Å². The number of thiocarbonyl (C=S) groups is 1. The van der Waals surface area contributed by atoms with Crippen LogP contribution in [0.1, 0.15) is 41.0 Å². The highest BCUT2D eigenvalue weighted by molar-refractivity contribution is 7.80. The van der Waals surface area contributed by atoms with Crippen molar-refractivity contribution < 1.29 is 4.79 Å². The topological polar surface area (TPSA) is 88.0 Å². The molecular weight excluding hydrogens is 398 g/mol. The van der Waals surface area contributed by atoms with Crippen molar-refractivity contribution in [3.8, 4) is 0 Å². The van der Waals surface area contributed by atoms with Crippen molar-refractivity contribution in [1.82, 2.24) is 25.7 Å². The summed E-state index contributed by atoms with van der Waals surface area (Å²) in [6.45, 7) is 1.26. The number of benzene rings is 2. The number of rotatable bonds is 3. The van der Waals surface area contributed by atoms with E-state index in [1.807, 2.05) is 30.3 Å². The first-order chi connectivity index (χ1) is 14.6. The van der Waals surface area contributed by atoms with Crippen molar-refractivity contribution in [3.05, 3.63) is 75.8 Å². The fraction of sp³-hybridized carbons (Fsp3) is 0.273. The van der Waals surface area contributed by atoms with Gasteiger partial charge in [0.2, 0.25) is 0 Å². The van der Waals surface area contributed by atoms with E-state index in [0.29, 0.717) is 34.7 Å². The molecule has 0 atom stereocenters. The number of nitrogens with zero attached hydrogens (tertiary/aromatic N) is 2. The highest BCUT2D eigenvalue weighted by Gasteiger charge is 2.15. The summed E-state index contributed by atoms with van der Waals surface area (Å²) < 4.78 is 1.77. The molecule has 2 aromatic carbocycles. The minimum atomic E-state index is -0.349. The molecule has 1 amide bonds. The summed E-state index contributed by atoms with van der Waals surface area (Å²) in [6, 6.07) is 14.8. The second-order valence-corrected chi connectivity index (χ2v) is 7.68. The molecule has 0 saturated heterocycles. The highest BCUT2D eigenvalue weighted by atomic mass is 32.1. The Morgan fingerprint density at radius 2 is 1.90 bits per heavy atom. The molecule has 0 unspecified atom stereocenters. The van der Waals surface area contributed by atoms with Crippen LogP contribution in [0.15, 0.2) is 53.3 Å². The largest absolute Gasteiger partial charge is 0.357 e. The fourth-order valence-electron chi connectivity index (χ4n) is 3.57. The van der Waals surface area contributed by atoms with E-state index in [9.17, 15) is 9.59 Å². The van der Waals surface area contributed by atoms with Crippen LogP contribution in [-0.4, -0.2) is 20.6 Å². The van der Waals surface area contributed by atoms with Gasteiger partial charge in [-0.1, -0.05) is 36.8 Å². The van der Waals surface area contributed by atoms with Gasteiger partial charge in [0.15, 0.2) is 5.11 Å². The first kappa shape index (κ1) is 20.0. The van der Waals surface area contributed by atoms with E-state index >= 15 is 0 Å². The molecule has 4 rings (SSSR count). The van der Waals surface area contributed by atoms with Crippen LogP contribution in [0.2, 0.25) is 0 Å². The number of aromatic nitrogens is 2. The molecule has 0 bridgehead atoms. The Balaban J connectivity index is 1.43. The Bertz CT molecular complexity index is 1140. The van der Waals surface area contributed by atoms with E-state index in [0.717, 1.165) is 37.1 Å². The van der Waals surface area contributed by atoms with E-state index in [1.54, 1.807) is 22.8 Å². The predicted octanol–water partition coefficient (Wildman–Crippen LogP) is 2.43. The molecule has 0 fully saturated rings. The van der Waals surface area contributed by atoms with Crippen LogP contribution in [0, 0.1) is 0 Å². The number of carbonyl (C=O) groups is 1. The van der Waals surface area contributed by atoms with Crippen LogP contribution >= 0.6 is 12.2 Å². The van der Waals surface area contributed by atoms with Gasteiger partial charge < -0.3 is 5.32 Å². The quantitative estimate of drug-likeness (QED) is 0.445. The molecule has 2 heterocycles. The minimum Gasteiger partial charge on any atom is -0.357 e. The Morgan fingerprint density at radius 3 is 2.73 bits per heavy atom. The highest BCUT2D eigenvalue weighted by Crippen LogP contribution is 2.16. The number of carbonyl (C=O) groups excluding carboxylic acids is 1. The van der Waals surface area contributed by atoms with Gasteiger partial charge in [0.1, 0.15) is 5.82 Å². The van der Waals surface area contributed by atoms with Gasteiger partial charge in [0.25, 0.3) is 11.5 Å². The van der Waals surface area contributed by atoms with Crippen molar-refractivity contribution in [2.75, 3.05) is 0 Å². The molecule has 7 nitrogen and oxygen atoms in total. The van der Waals surface area contributed by atoms with Crippen LogP contribution < -0.4 is 21.7 Å². The molecule has 1 aliphatic heterocycles. The first-order valence-corrected chi connectivity index (χ1v) is 10.4. The maximum atomic E-state index is 12.8. The lowest BCUT2D eigenvalue weighted by molar-refractivity contribution is 0.0944. The van der Waals surface area contributed by atoms with Crippen LogP contribution in [0.5, 0.6) is 0 Å². The van der Waals surface area contributed by atoms with Crippen molar-refractivity contribution in [3.63, 3.8) is 0 Å². The number of fused-ring (bicyclic) bond motifs is 2. The molecule has 0 aliphatic carbocycles. The van der Waals surface area contributed by atoms with E-state index < -0.39 is 0 Å². The third-order valence-electron chi connectivity index (χ3n) is 5.16. The summed E-state index contributed by atoms with van der Waals surface area (Å²) in [4.78, 5) is 30.0. The zero-order valence-corrected chi connectivity index (χ0v) is 17.3. The van der Waals surface area contributed by atoms with Crippen molar-refractivity contribution in [1.29, 1.82) is 0 Å². The zero-order chi connectivity index (χ0) is 20.9. The summed E-state index contributed by atoms with van der Waals surface area (Å²) in [7, 11) is 0. The smallest absolute Gasteiger partial charge is 0.269 e. The van der Waals surface area contributed by atoms with Crippen LogP contribution in [0.4, 0.5) is 0 Å². The lowest BCUT2D eigenvalue weighted by Gasteiger charge is -2.13. The van der Waals surface area contributed by atoms with E-state index in [1.165, 1.54) is 0 Å². The molecule has 0 saturated carbocycles. The van der Waals surface area contributed by atoms with Crippen molar-refractivity contribution in [2.45, 2.75) is 38.8 Å². The van der Waals surface area contributed by atoms with Crippen molar-refractivity contribution in [2.24, 2.45) is 0 Å². The number of hydrazine groups is 1. The number of hydrogen-bond donors (Lipinski definition) is 3.